The molecule has 0 spiro atoms. The highest BCUT2D eigenvalue weighted by atomic mass is 16.6. The number of cyclic esters (lactones) is 2. The van der Waals surface area contributed by atoms with Gasteiger partial charge in [-0.15, -0.1) is 0 Å². The topological polar surface area (TPSA) is 96.0 Å². The van der Waals surface area contributed by atoms with Crippen LogP contribution in [0.3, 0.4) is 0 Å². The van der Waals surface area contributed by atoms with Crippen molar-refractivity contribution in [2.24, 2.45) is 64.6 Å². The van der Waals surface area contributed by atoms with Crippen LogP contribution in [0, 0.1) is 64.6 Å². The first-order valence-electron chi connectivity index (χ1n) is 12.5. The molecule has 1 aliphatic heterocycles. The maximum atomic E-state index is 13.2. The second-order valence-corrected chi connectivity index (χ2v) is 12.6. The quantitative estimate of drug-likeness (QED) is 0.275. The van der Waals surface area contributed by atoms with Gasteiger partial charge >= 0.3 is 23.9 Å². The lowest BCUT2D eigenvalue weighted by Gasteiger charge is -2.48. The summed E-state index contributed by atoms with van der Waals surface area (Å²) in [5.74, 6) is 0.620. The number of carbonyl (C=O) groups is 4. The molecular weight excluding hydrogens is 424 g/mol. The van der Waals surface area contributed by atoms with Gasteiger partial charge in [-0.1, -0.05) is 13.8 Å². The van der Waals surface area contributed by atoms with E-state index in [1.54, 1.807) is 20.8 Å². The van der Waals surface area contributed by atoms with Crippen LogP contribution in [0.5, 0.6) is 0 Å². The Labute approximate surface area is 195 Å². The maximum Gasteiger partial charge on any atom is 0.344 e. The van der Waals surface area contributed by atoms with Crippen LogP contribution in [0.4, 0.5) is 0 Å². The number of hydrogen-bond acceptors (Lipinski definition) is 7. The molecule has 1 saturated heterocycles. The molecule has 5 aliphatic rings. The molecule has 7 nitrogen and oxygen atoms in total. The van der Waals surface area contributed by atoms with Gasteiger partial charge < -0.3 is 14.2 Å². The van der Waals surface area contributed by atoms with E-state index in [9.17, 15) is 19.2 Å². The van der Waals surface area contributed by atoms with Gasteiger partial charge in [-0.25, -0.2) is 4.79 Å². The molecule has 0 radical (unpaired) electrons. The van der Waals surface area contributed by atoms with E-state index in [0.717, 1.165) is 19.3 Å². The monoisotopic (exact) mass is 460 g/mol. The molecule has 0 aromatic heterocycles. The highest BCUT2D eigenvalue weighted by molar-refractivity contribution is 5.96. The molecule has 7 heteroatoms. The average molecular weight is 461 g/mol. The lowest BCUT2D eigenvalue weighted by molar-refractivity contribution is -0.174. The second kappa shape index (κ2) is 7.29. The Hall–Kier alpha value is -1.92. The molecule has 11 atom stereocenters. The Morgan fingerprint density at radius 3 is 2.33 bits per heavy atom. The Morgan fingerprint density at radius 2 is 1.73 bits per heavy atom. The number of fused-ring (bicyclic) bond motifs is 9. The number of ether oxygens (including phenoxy) is 3. The molecule has 182 valence electrons. The van der Waals surface area contributed by atoms with Crippen LogP contribution in [0.25, 0.3) is 0 Å². The second-order valence-electron chi connectivity index (χ2n) is 12.6. The van der Waals surface area contributed by atoms with E-state index in [2.05, 4.69) is 6.92 Å². The third kappa shape index (κ3) is 3.28. The molecule has 0 aromatic rings. The highest BCUT2D eigenvalue weighted by Gasteiger charge is 2.72. The van der Waals surface area contributed by atoms with Crippen LogP contribution in [0.1, 0.15) is 60.8 Å². The Balaban J connectivity index is 1.33. The van der Waals surface area contributed by atoms with Crippen LogP contribution in [0.2, 0.25) is 0 Å². The van der Waals surface area contributed by atoms with Gasteiger partial charge in [0.1, 0.15) is 5.60 Å². The number of hydrogen-bond donors (Lipinski definition) is 0. The molecule has 4 bridgehead atoms. The van der Waals surface area contributed by atoms with E-state index in [4.69, 9.17) is 14.2 Å². The molecule has 4 aliphatic carbocycles. The first kappa shape index (κ1) is 22.9. The van der Waals surface area contributed by atoms with Crippen molar-refractivity contribution < 1.29 is 33.4 Å². The van der Waals surface area contributed by atoms with Crippen molar-refractivity contribution in [3.05, 3.63) is 0 Å². The zero-order valence-electron chi connectivity index (χ0n) is 20.5. The summed E-state index contributed by atoms with van der Waals surface area (Å²) in [6, 6.07) is 0. The van der Waals surface area contributed by atoms with Gasteiger partial charge in [-0.3, -0.25) is 14.4 Å². The number of esters is 4. The third-order valence-electron chi connectivity index (χ3n) is 9.83. The predicted molar refractivity (Wildman–Crippen MR) is 116 cm³/mol. The van der Waals surface area contributed by atoms with E-state index < -0.39 is 28.9 Å². The molecule has 4 saturated carbocycles. The molecule has 0 aromatic carbocycles. The summed E-state index contributed by atoms with van der Waals surface area (Å²) in [4.78, 5) is 50.0. The van der Waals surface area contributed by atoms with Crippen molar-refractivity contribution in [3.63, 3.8) is 0 Å². The molecule has 1 heterocycles. The molecule has 11 unspecified atom stereocenters. The lowest BCUT2D eigenvalue weighted by Crippen LogP contribution is -2.49. The van der Waals surface area contributed by atoms with Crippen molar-refractivity contribution in [2.75, 3.05) is 6.61 Å². The molecule has 0 amide bonds. The van der Waals surface area contributed by atoms with E-state index in [-0.39, 0.29) is 36.3 Å². The van der Waals surface area contributed by atoms with Crippen LogP contribution in [-0.2, 0) is 33.4 Å². The van der Waals surface area contributed by atoms with Crippen molar-refractivity contribution in [2.45, 2.75) is 66.4 Å². The summed E-state index contributed by atoms with van der Waals surface area (Å²) in [6.45, 7) is 11.0. The summed E-state index contributed by atoms with van der Waals surface area (Å²) >= 11 is 0. The van der Waals surface area contributed by atoms with Gasteiger partial charge in [0.15, 0.2) is 6.61 Å². The summed E-state index contributed by atoms with van der Waals surface area (Å²) < 4.78 is 15.8. The van der Waals surface area contributed by atoms with E-state index >= 15 is 0 Å². The molecular formula is C26H36O7. The Morgan fingerprint density at radius 1 is 1.03 bits per heavy atom. The SMILES string of the molecule is CC1C(=O)OC(=O)C1C1C(C)C2CC1C1C2C2CC1C(C)(C(=O)OCC(=O)OC(C)(C)C)C2. The Kier molecular flexibility index (Phi) is 5.05. The first-order chi connectivity index (χ1) is 15.3. The van der Waals surface area contributed by atoms with Gasteiger partial charge in [0.2, 0.25) is 0 Å². The fraction of sp³-hybridized carbons (Fsp3) is 0.846. The van der Waals surface area contributed by atoms with Crippen LogP contribution in [-0.4, -0.2) is 36.1 Å². The number of carbonyl (C=O) groups excluding carboxylic acids is 4. The fourth-order valence-electron chi connectivity index (χ4n) is 8.91. The standard InChI is InChI=1S/C26H36O7/c1-11-14-8-15(18(11)19-12(2)22(28)32-23(19)29)21-16-7-13(20(14)21)9-26(16,6)24(30)31-10-17(27)33-25(3,4)5/h11-16,18-21H,7-10H2,1-6H3. The summed E-state index contributed by atoms with van der Waals surface area (Å²) in [6.07, 6.45) is 2.87. The summed E-state index contributed by atoms with van der Waals surface area (Å²) in [5.41, 5.74) is -1.24. The molecule has 5 fully saturated rings. The van der Waals surface area contributed by atoms with Crippen LogP contribution >= 0.6 is 0 Å². The van der Waals surface area contributed by atoms with Gasteiger partial charge in [-0.2, -0.15) is 0 Å². The zero-order chi connectivity index (χ0) is 24.0. The van der Waals surface area contributed by atoms with Gasteiger partial charge in [-0.05, 0) is 94.3 Å². The van der Waals surface area contributed by atoms with Crippen LogP contribution < -0.4 is 0 Å². The summed E-state index contributed by atoms with van der Waals surface area (Å²) in [7, 11) is 0. The number of rotatable bonds is 4. The van der Waals surface area contributed by atoms with Crippen LogP contribution in [0.15, 0.2) is 0 Å². The first-order valence-corrected chi connectivity index (χ1v) is 12.5. The zero-order valence-corrected chi connectivity index (χ0v) is 20.5. The molecule has 5 rings (SSSR count). The van der Waals surface area contributed by atoms with Crippen molar-refractivity contribution in [1.82, 2.24) is 0 Å². The normalized spacial score (nSPS) is 47.6. The third-order valence-corrected chi connectivity index (χ3v) is 9.83. The lowest BCUT2D eigenvalue weighted by atomic mass is 9.55. The highest BCUT2D eigenvalue weighted by Crippen LogP contribution is 2.75. The molecule has 33 heavy (non-hydrogen) atoms. The minimum absolute atomic E-state index is 0.131. The maximum absolute atomic E-state index is 13.2. The summed E-state index contributed by atoms with van der Waals surface area (Å²) in [5, 5.41) is 0. The Bertz CT molecular complexity index is 903. The van der Waals surface area contributed by atoms with Gasteiger partial charge in [0.25, 0.3) is 0 Å². The molecule has 0 N–H and O–H groups in total. The van der Waals surface area contributed by atoms with Crippen molar-refractivity contribution in [1.29, 1.82) is 0 Å². The fourth-order valence-corrected chi connectivity index (χ4v) is 8.91. The van der Waals surface area contributed by atoms with Gasteiger partial charge in [0, 0.05) is 0 Å². The van der Waals surface area contributed by atoms with Gasteiger partial charge in [0.05, 0.1) is 17.3 Å². The van der Waals surface area contributed by atoms with E-state index in [0.29, 0.717) is 35.5 Å². The smallest absolute Gasteiger partial charge is 0.344 e. The van der Waals surface area contributed by atoms with E-state index in [1.807, 2.05) is 13.8 Å². The van der Waals surface area contributed by atoms with Crippen molar-refractivity contribution in [3.8, 4) is 0 Å². The predicted octanol–water partition coefficient (Wildman–Crippen LogP) is 3.39. The minimum atomic E-state index is -0.623. The average Bonchev–Trinajstić information content (AvgIpc) is 3.46. The minimum Gasteiger partial charge on any atom is -0.457 e. The van der Waals surface area contributed by atoms with Crippen molar-refractivity contribution >= 4 is 23.9 Å². The largest absolute Gasteiger partial charge is 0.457 e. The van der Waals surface area contributed by atoms with E-state index in [1.165, 1.54) is 0 Å².